The van der Waals surface area contributed by atoms with Crippen LogP contribution in [0.25, 0.3) is 11.3 Å². The molecular formula is C13H13N2O. The summed E-state index contributed by atoms with van der Waals surface area (Å²) >= 11 is 0. The van der Waals surface area contributed by atoms with Gasteiger partial charge < -0.3 is 4.74 Å². The van der Waals surface area contributed by atoms with Crippen LogP contribution in [0.2, 0.25) is 0 Å². The fraction of sp³-hybridized carbons (Fsp3) is 0.231. The highest BCUT2D eigenvalue weighted by molar-refractivity contribution is 5.65. The average molecular weight is 213 g/mol. The molecule has 2 rings (SSSR count). The third kappa shape index (κ3) is 2.37. The van der Waals surface area contributed by atoms with Gasteiger partial charge >= 0.3 is 0 Å². The fourth-order valence-corrected chi connectivity index (χ4v) is 1.40. The summed E-state index contributed by atoms with van der Waals surface area (Å²) in [5.74, 6) is 0.715. The number of nitrogens with zero attached hydrogens (tertiary/aromatic N) is 2. The maximum atomic E-state index is 5.60. The van der Waals surface area contributed by atoms with Gasteiger partial charge in [-0.3, -0.25) is 0 Å². The molecule has 2 aromatic rings. The molecule has 0 N–H and O–H groups in total. The molecule has 0 aliphatic heterocycles. The van der Waals surface area contributed by atoms with Crippen molar-refractivity contribution in [2.24, 2.45) is 0 Å². The molecular weight excluding hydrogens is 200 g/mol. The Morgan fingerprint density at radius 1 is 1.25 bits per heavy atom. The first kappa shape index (κ1) is 10.6. The summed E-state index contributed by atoms with van der Waals surface area (Å²) in [7, 11) is 0. The summed E-state index contributed by atoms with van der Waals surface area (Å²) in [6.45, 7) is 2.74. The molecule has 0 fully saturated rings. The highest BCUT2D eigenvalue weighted by atomic mass is 16.5. The third-order valence-electron chi connectivity index (χ3n) is 2.14. The van der Waals surface area contributed by atoms with Gasteiger partial charge in [-0.15, -0.1) is 0 Å². The normalized spacial score (nSPS) is 10.1. The minimum Gasteiger partial charge on any atom is -0.490 e. The van der Waals surface area contributed by atoms with Crippen molar-refractivity contribution in [3.05, 3.63) is 42.9 Å². The molecule has 1 aromatic carbocycles. The first-order chi connectivity index (χ1) is 7.92. The van der Waals surface area contributed by atoms with Crippen LogP contribution >= 0.6 is 0 Å². The lowest BCUT2D eigenvalue weighted by atomic mass is 10.1. The molecule has 0 spiro atoms. The van der Waals surface area contributed by atoms with Gasteiger partial charge in [-0.25, -0.2) is 9.97 Å². The molecule has 0 aliphatic carbocycles. The van der Waals surface area contributed by atoms with Gasteiger partial charge in [0.25, 0.3) is 0 Å². The zero-order valence-corrected chi connectivity index (χ0v) is 9.18. The van der Waals surface area contributed by atoms with E-state index in [4.69, 9.17) is 4.74 Å². The molecule has 0 atom stereocenters. The third-order valence-corrected chi connectivity index (χ3v) is 2.14. The Morgan fingerprint density at radius 3 is 2.81 bits per heavy atom. The van der Waals surface area contributed by atoms with E-state index in [1.165, 1.54) is 0 Å². The molecule has 81 valence electrons. The van der Waals surface area contributed by atoms with Crippen molar-refractivity contribution in [2.45, 2.75) is 13.3 Å². The minimum atomic E-state index is 0.674. The molecule has 3 nitrogen and oxygen atoms in total. The Hall–Kier alpha value is -1.90. The second-order valence-electron chi connectivity index (χ2n) is 3.40. The summed E-state index contributed by atoms with van der Waals surface area (Å²) in [4.78, 5) is 8.00. The SMILES string of the molecule is CCCOc1cn[c]nc1-c1ccccc1. The van der Waals surface area contributed by atoms with E-state index >= 15 is 0 Å². The highest BCUT2D eigenvalue weighted by Crippen LogP contribution is 2.25. The van der Waals surface area contributed by atoms with Crippen LogP contribution in [0.1, 0.15) is 13.3 Å². The van der Waals surface area contributed by atoms with Gasteiger partial charge in [0, 0.05) is 5.56 Å². The Bertz CT molecular complexity index is 443. The monoisotopic (exact) mass is 213 g/mol. The van der Waals surface area contributed by atoms with Crippen molar-refractivity contribution in [3.63, 3.8) is 0 Å². The molecule has 0 aliphatic rings. The van der Waals surface area contributed by atoms with Gasteiger partial charge in [0.05, 0.1) is 12.8 Å². The van der Waals surface area contributed by atoms with E-state index in [0.717, 1.165) is 17.7 Å². The number of hydrogen-bond acceptors (Lipinski definition) is 3. The summed E-state index contributed by atoms with van der Waals surface area (Å²) in [5.41, 5.74) is 1.82. The van der Waals surface area contributed by atoms with E-state index in [2.05, 4.69) is 23.2 Å². The largest absolute Gasteiger partial charge is 0.490 e. The summed E-state index contributed by atoms with van der Waals surface area (Å²) in [5, 5.41) is 0. The van der Waals surface area contributed by atoms with E-state index in [-0.39, 0.29) is 0 Å². The van der Waals surface area contributed by atoms with Gasteiger partial charge in [-0.05, 0) is 6.42 Å². The molecule has 1 aromatic heterocycles. The summed E-state index contributed by atoms with van der Waals surface area (Å²) in [6.07, 6.45) is 5.22. The predicted octanol–water partition coefficient (Wildman–Crippen LogP) is 2.73. The van der Waals surface area contributed by atoms with E-state index in [0.29, 0.717) is 12.4 Å². The predicted molar refractivity (Wildman–Crippen MR) is 62.1 cm³/mol. The van der Waals surface area contributed by atoms with E-state index in [9.17, 15) is 0 Å². The number of rotatable bonds is 4. The smallest absolute Gasteiger partial charge is 0.198 e. The lowest BCUT2D eigenvalue weighted by Gasteiger charge is -2.08. The number of benzene rings is 1. The van der Waals surface area contributed by atoms with Crippen LogP contribution in [0.3, 0.4) is 0 Å². The quantitative estimate of drug-likeness (QED) is 0.783. The Balaban J connectivity index is 2.33. The van der Waals surface area contributed by atoms with Crippen LogP contribution in [0, 0.1) is 6.33 Å². The van der Waals surface area contributed by atoms with Crippen LogP contribution in [0.15, 0.2) is 36.5 Å². The zero-order valence-electron chi connectivity index (χ0n) is 9.18. The van der Waals surface area contributed by atoms with Gasteiger partial charge in [0.1, 0.15) is 5.69 Å². The Labute approximate surface area is 95.1 Å². The first-order valence-corrected chi connectivity index (χ1v) is 5.33. The average Bonchev–Trinajstić information content (AvgIpc) is 2.38. The van der Waals surface area contributed by atoms with Gasteiger partial charge in [-0.1, -0.05) is 37.3 Å². The molecule has 16 heavy (non-hydrogen) atoms. The maximum absolute atomic E-state index is 5.60. The second-order valence-corrected chi connectivity index (χ2v) is 3.40. The lowest BCUT2D eigenvalue weighted by molar-refractivity contribution is 0.316. The van der Waals surface area contributed by atoms with Crippen molar-refractivity contribution in [1.82, 2.24) is 9.97 Å². The van der Waals surface area contributed by atoms with Crippen LogP contribution in [0.5, 0.6) is 5.75 Å². The first-order valence-electron chi connectivity index (χ1n) is 5.33. The Kier molecular flexibility index (Phi) is 3.49. The van der Waals surface area contributed by atoms with Crippen molar-refractivity contribution < 1.29 is 4.74 Å². The van der Waals surface area contributed by atoms with Crippen molar-refractivity contribution in [3.8, 4) is 17.0 Å². The number of ether oxygens (including phenoxy) is 1. The van der Waals surface area contributed by atoms with E-state index < -0.39 is 0 Å². The molecule has 0 saturated heterocycles. The van der Waals surface area contributed by atoms with Crippen LogP contribution in [0.4, 0.5) is 0 Å². The number of hydrogen-bond donors (Lipinski definition) is 0. The fourth-order valence-electron chi connectivity index (χ4n) is 1.40. The molecule has 1 heterocycles. The van der Waals surface area contributed by atoms with Crippen LogP contribution in [-0.4, -0.2) is 16.6 Å². The molecule has 0 unspecified atom stereocenters. The highest BCUT2D eigenvalue weighted by Gasteiger charge is 2.07. The lowest BCUT2D eigenvalue weighted by Crippen LogP contribution is -1.99. The van der Waals surface area contributed by atoms with Gasteiger partial charge in [-0.2, -0.15) is 0 Å². The molecule has 0 amide bonds. The van der Waals surface area contributed by atoms with Crippen molar-refractivity contribution in [2.75, 3.05) is 6.61 Å². The van der Waals surface area contributed by atoms with E-state index in [1.807, 2.05) is 30.3 Å². The molecule has 1 radical (unpaired) electrons. The van der Waals surface area contributed by atoms with Gasteiger partial charge in [0.2, 0.25) is 0 Å². The van der Waals surface area contributed by atoms with Crippen molar-refractivity contribution in [1.29, 1.82) is 0 Å². The summed E-state index contributed by atoms with van der Waals surface area (Å²) in [6, 6.07) is 9.91. The standard InChI is InChI=1S/C13H13N2O/c1-2-8-16-12-9-14-10-15-13(12)11-6-4-3-5-7-11/h3-7,9H,2,8H2,1H3. The molecule has 0 bridgehead atoms. The van der Waals surface area contributed by atoms with Crippen LogP contribution < -0.4 is 4.74 Å². The van der Waals surface area contributed by atoms with Crippen molar-refractivity contribution >= 4 is 0 Å². The topological polar surface area (TPSA) is 35.0 Å². The molecule has 3 heteroatoms. The molecule has 0 saturated carbocycles. The van der Waals surface area contributed by atoms with E-state index in [1.54, 1.807) is 6.20 Å². The maximum Gasteiger partial charge on any atom is 0.198 e. The van der Waals surface area contributed by atoms with Gasteiger partial charge in [0.15, 0.2) is 12.1 Å². The minimum absolute atomic E-state index is 0.674. The Morgan fingerprint density at radius 2 is 2.06 bits per heavy atom. The van der Waals surface area contributed by atoms with Crippen LogP contribution in [-0.2, 0) is 0 Å². The second kappa shape index (κ2) is 5.26. The summed E-state index contributed by atoms with van der Waals surface area (Å²) < 4.78 is 5.60. The zero-order chi connectivity index (χ0) is 11.2. The number of aromatic nitrogens is 2.